The van der Waals surface area contributed by atoms with Gasteiger partial charge in [-0.2, -0.15) is 0 Å². The quantitative estimate of drug-likeness (QED) is 0.848. The van der Waals surface area contributed by atoms with Crippen LogP contribution in [0.1, 0.15) is 22.9 Å². The van der Waals surface area contributed by atoms with Crippen molar-refractivity contribution < 1.29 is 0 Å². The van der Waals surface area contributed by atoms with Crippen molar-refractivity contribution in [3.05, 3.63) is 59.7 Å². The first-order valence-electron chi connectivity index (χ1n) is 5.33. The maximum absolute atomic E-state index is 6.06. The molecule has 16 heavy (non-hydrogen) atoms. The van der Waals surface area contributed by atoms with Crippen LogP contribution in [0, 0.1) is 6.92 Å². The molecular weight excluding hydrogens is 198 g/mol. The highest BCUT2D eigenvalue weighted by Gasteiger charge is 2.07. The molecule has 0 aliphatic rings. The standard InChI is InChI=1S/C13H15N3/c1-10-2-4-11(5-3-10)8-12(14)13-9-15-6-7-16-13/h2-7,9,12H,8,14H2,1H3. The van der Waals surface area contributed by atoms with Crippen LogP contribution in [0.2, 0.25) is 0 Å². The lowest BCUT2D eigenvalue weighted by atomic mass is 10.0. The summed E-state index contributed by atoms with van der Waals surface area (Å²) in [6.45, 7) is 2.08. The summed E-state index contributed by atoms with van der Waals surface area (Å²) in [6, 6.07) is 8.31. The van der Waals surface area contributed by atoms with E-state index in [-0.39, 0.29) is 6.04 Å². The predicted molar refractivity (Wildman–Crippen MR) is 63.8 cm³/mol. The lowest BCUT2D eigenvalue weighted by Crippen LogP contribution is -2.15. The molecule has 2 rings (SSSR count). The van der Waals surface area contributed by atoms with Crippen LogP contribution < -0.4 is 5.73 Å². The summed E-state index contributed by atoms with van der Waals surface area (Å²) in [4.78, 5) is 8.22. The highest BCUT2D eigenvalue weighted by atomic mass is 14.8. The minimum atomic E-state index is -0.0867. The van der Waals surface area contributed by atoms with E-state index in [1.165, 1.54) is 11.1 Å². The molecule has 0 radical (unpaired) electrons. The van der Waals surface area contributed by atoms with Gasteiger partial charge >= 0.3 is 0 Å². The van der Waals surface area contributed by atoms with E-state index in [0.717, 1.165) is 12.1 Å². The van der Waals surface area contributed by atoms with Gasteiger partial charge in [-0.05, 0) is 18.9 Å². The van der Waals surface area contributed by atoms with Crippen molar-refractivity contribution in [2.24, 2.45) is 5.73 Å². The Bertz CT molecular complexity index is 436. The van der Waals surface area contributed by atoms with Crippen LogP contribution in [0.3, 0.4) is 0 Å². The minimum Gasteiger partial charge on any atom is -0.322 e. The van der Waals surface area contributed by atoms with E-state index in [2.05, 4.69) is 41.2 Å². The van der Waals surface area contributed by atoms with Crippen molar-refractivity contribution in [3.8, 4) is 0 Å². The van der Waals surface area contributed by atoms with Gasteiger partial charge in [0.15, 0.2) is 0 Å². The van der Waals surface area contributed by atoms with E-state index in [9.17, 15) is 0 Å². The van der Waals surface area contributed by atoms with Gasteiger partial charge in [0.05, 0.1) is 11.7 Å². The largest absolute Gasteiger partial charge is 0.322 e. The van der Waals surface area contributed by atoms with E-state index in [1.807, 2.05) is 0 Å². The summed E-state index contributed by atoms with van der Waals surface area (Å²) in [5.74, 6) is 0. The Kier molecular flexibility index (Phi) is 3.27. The molecule has 2 aromatic rings. The molecule has 0 fully saturated rings. The molecule has 0 bridgehead atoms. The number of hydrogen-bond acceptors (Lipinski definition) is 3. The van der Waals surface area contributed by atoms with Crippen molar-refractivity contribution in [2.75, 3.05) is 0 Å². The first kappa shape index (κ1) is 10.8. The number of rotatable bonds is 3. The molecule has 1 heterocycles. The first-order valence-corrected chi connectivity index (χ1v) is 5.33. The number of nitrogens with two attached hydrogens (primary N) is 1. The second kappa shape index (κ2) is 4.86. The number of aryl methyl sites for hydroxylation is 1. The van der Waals surface area contributed by atoms with Gasteiger partial charge in [-0.25, -0.2) is 0 Å². The third kappa shape index (κ3) is 2.64. The molecule has 0 aliphatic heterocycles. The van der Waals surface area contributed by atoms with Crippen LogP contribution in [-0.2, 0) is 6.42 Å². The molecule has 0 aliphatic carbocycles. The second-order valence-electron chi connectivity index (χ2n) is 3.93. The van der Waals surface area contributed by atoms with Crippen LogP contribution in [0.4, 0.5) is 0 Å². The number of aromatic nitrogens is 2. The summed E-state index contributed by atoms with van der Waals surface area (Å²) < 4.78 is 0. The third-order valence-corrected chi connectivity index (χ3v) is 2.54. The Morgan fingerprint density at radius 1 is 1.19 bits per heavy atom. The molecule has 0 spiro atoms. The predicted octanol–water partition coefficient (Wildman–Crippen LogP) is 2.03. The van der Waals surface area contributed by atoms with Crippen LogP contribution in [0.15, 0.2) is 42.9 Å². The van der Waals surface area contributed by atoms with Gasteiger partial charge in [0, 0.05) is 18.6 Å². The average molecular weight is 213 g/mol. The van der Waals surface area contributed by atoms with Crippen LogP contribution in [0.5, 0.6) is 0 Å². The normalized spacial score (nSPS) is 12.4. The van der Waals surface area contributed by atoms with Crippen molar-refractivity contribution in [3.63, 3.8) is 0 Å². The average Bonchev–Trinajstić information content (AvgIpc) is 2.33. The van der Waals surface area contributed by atoms with Crippen LogP contribution >= 0.6 is 0 Å². The minimum absolute atomic E-state index is 0.0867. The maximum atomic E-state index is 6.06. The summed E-state index contributed by atoms with van der Waals surface area (Å²) in [5, 5.41) is 0. The van der Waals surface area contributed by atoms with Gasteiger partial charge in [-0.3, -0.25) is 9.97 Å². The fourth-order valence-electron chi connectivity index (χ4n) is 1.58. The van der Waals surface area contributed by atoms with E-state index < -0.39 is 0 Å². The van der Waals surface area contributed by atoms with Gasteiger partial charge in [0.25, 0.3) is 0 Å². The molecule has 82 valence electrons. The Balaban J connectivity index is 2.08. The van der Waals surface area contributed by atoms with E-state index in [1.54, 1.807) is 18.6 Å². The highest BCUT2D eigenvalue weighted by Crippen LogP contribution is 2.13. The molecule has 1 aromatic heterocycles. The van der Waals surface area contributed by atoms with Crippen molar-refractivity contribution in [1.29, 1.82) is 0 Å². The van der Waals surface area contributed by atoms with Gasteiger partial charge in [-0.15, -0.1) is 0 Å². The van der Waals surface area contributed by atoms with Gasteiger partial charge in [0.1, 0.15) is 0 Å². The van der Waals surface area contributed by atoms with Gasteiger partial charge < -0.3 is 5.73 Å². The van der Waals surface area contributed by atoms with E-state index in [4.69, 9.17) is 5.73 Å². The third-order valence-electron chi connectivity index (χ3n) is 2.54. The zero-order valence-corrected chi connectivity index (χ0v) is 9.30. The molecule has 0 amide bonds. The lowest BCUT2D eigenvalue weighted by Gasteiger charge is -2.10. The van der Waals surface area contributed by atoms with Crippen molar-refractivity contribution in [2.45, 2.75) is 19.4 Å². The van der Waals surface area contributed by atoms with Crippen molar-refractivity contribution >= 4 is 0 Å². The van der Waals surface area contributed by atoms with Crippen LogP contribution in [-0.4, -0.2) is 9.97 Å². The summed E-state index contributed by atoms with van der Waals surface area (Å²) in [5.41, 5.74) is 9.39. The smallest absolute Gasteiger partial charge is 0.0757 e. The first-order chi connectivity index (χ1) is 7.75. The Hall–Kier alpha value is -1.74. The molecular formula is C13H15N3. The Labute approximate surface area is 95.4 Å². The molecule has 1 unspecified atom stereocenters. The van der Waals surface area contributed by atoms with E-state index >= 15 is 0 Å². The molecule has 0 saturated heterocycles. The lowest BCUT2D eigenvalue weighted by molar-refractivity contribution is 0.691. The summed E-state index contributed by atoms with van der Waals surface area (Å²) in [7, 11) is 0. The zero-order valence-electron chi connectivity index (χ0n) is 9.30. The SMILES string of the molecule is Cc1ccc(CC(N)c2cnccn2)cc1. The van der Waals surface area contributed by atoms with Gasteiger partial charge in [-0.1, -0.05) is 29.8 Å². The maximum Gasteiger partial charge on any atom is 0.0757 e. The van der Waals surface area contributed by atoms with Crippen LogP contribution in [0.25, 0.3) is 0 Å². The van der Waals surface area contributed by atoms with Gasteiger partial charge in [0.2, 0.25) is 0 Å². The number of nitrogens with zero attached hydrogens (tertiary/aromatic N) is 2. The fourth-order valence-corrected chi connectivity index (χ4v) is 1.58. The topological polar surface area (TPSA) is 51.8 Å². The molecule has 0 saturated carbocycles. The molecule has 3 nitrogen and oxygen atoms in total. The second-order valence-corrected chi connectivity index (χ2v) is 3.93. The Morgan fingerprint density at radius 2 is 1.94 bits per heavy atom. The zero-order chi connectivity index (χ0) is 11.4. The number of benzene rings is 1. The molecule has 2 N–H and O–H groups in total. The number of hydrogen-bond donors (Lipinski definition) is 1. The summed E-state index contributed by atoms with van der Waals surface area (Å²) >= 11 is 0. The molecule has 1 atom stereocenters. The molecule has 3 heteroatoms. The molecule has 1 aromatic carbocycles. The van der Waals surface area contributed by atoms with E-state index in [0.29, 0.717) is 0 Å². The summed E-state index contributed by atoms with van der Waals surface area (Å²) in [6.07, 6.45) is 5.84. The highest BCUT2D eigenvalue weighted by molar-refractivity contribution is 5.23. The fraction of sp³-hybridized carbons (Fsp3) is 0.231. The monoisotopic (exact) mass is 213 g/mol. The van der Waals surface area contributed by atoms with Crippen molar-refractivity contribution in [1.82, 2.24) is 9.97 Å². The Morgan fingerprint density at radius 3 is 2.56 bits per heavy atom.